The van der Waals surface area contributed by atoms with E-state index in [1.54, 1.807) is 37.3 Å². The van der Waals surface area contributed by atoms with Gasteiger partial charge in [-0.15, -0.1) is 0 Å². The van der Waals surface area contributed by atoms with Crippen LogP contribution in [-0.2, 0) is 0 Å². The van der Waals surface area contributed by atoms with E-state index in [0.29, 0.717) is 27.8 Å². The van der Waals surface area contributed by atoms with Crippen LogP contribution in [0.3, 0.4) is 0 Å². The van der Waals surface area contributed by atoms with E-state index in [2.05, 4.69) is 0 Å². The molecule has 0 bridgehead atoms. The van der Waals surface area contributed by atoms with Crippen molar-refractivity contribution in [2.24, 2.45) is 5.73 Å². The number of benzene rings is 2. The van der Waals surface area contributed by atoms with Gasteiger partial charge in [0.1, 0.15) is 5.58 Å². The minimum atomic E-state index is -0.514. The highest BCUT2D eigenvalue weighted by Gasteiger charge is 2.14. The van der Waals surface area contributed by atoms with Crippen molar-refractivity contribution in [1.82, 2.24) is 0 Å². The van der Waals surface area contributed by atoms with Gasteiger partial charge in [-0.3, -0.25) is 4.79 Å². The smallest absolute Gasteiger partial charge is 0.344 e. The van der Waals surface area contributed by atoms with E-state index in [4.69, 9.17) is 10.2 Å². The number of primary amides is 1. The molecule has 2 N–H and O–H groups in total. The van der Waals surface area contributed by atoms with Gasteiger partial charge in [-0.05, 0) is 36.2 Å². The first-order valence-electron chi connectivity index (χ1n) is 6.50. The highest BCUT2D eigenvalue weighted by atomic mass is 16.4. The Morgan fingerprint density at radius 3 is 2.57 bits per heavy atom. The van der Waals surface area contributed by atoms with Crippen LogP contribution >= 0.6 is 0 Å². The summed E-state index contributed by atoms with van der Waals surface area (Å²) >= 11 is 0. The Labute approximate surface area is 120 Å². The number of amides is 1. The lowest BCUT2D eigenvalue weighted by atomic mass is 9.96. The second kappa shape index (κ2) is 4.90. The second-order valence-electron chi connectivity index (χ2n) is 4.83. The van der Waals surface area contributed by atoms with E-state index >= 15 is 0 Å². The number of hydrogen-bond donors (Lipinski definition) is 1. The fourth-order valence-corrected chi connectivity index (χ4v) is 2.44. The van der Waals surface area contributed by atoms with Gasteiger partial charge >= 0.3 is 5.63 Å². The van der Waals surface area contributed by atoms with Crippen molar-refractivity contribution in [2.45, 2.75) is 6.92 Å². The van der Waals surface area contributed by atoms with Crippen LogP contribution in [0.1, 0.15) is 15.9 Å². The van der Waals surface area contributed by atoms with Crippen molar-refractivity contribution < 1.29 is 9.21 Å². The molecule has 3 rings (SSSR count). The zero-order valence-electron chi connectivity index (χ0n) is 11.4. The largest absolute Gasteiger partial charge is 0.422 e. The average Bonchev–Trinajstić information content (AvgIpc) is 2.47. The van der Waals surface area contributed by atoms with Gasteiger partial charge in [0.15, 0.2) is 0 Å². The lowest BCUT2D eigenvalue weighted by Gasteiger charge is -2.09. The summed E-state index contributed by atoms with van der Waals surface area (Å²) < 4.78 is 5.33. The quantitative estimate of drug-likeness (QED) is 0.733. The maximum Gasteiger partial charge on any atom is 0.344 e. The molecule has 21 heavy (non-hydrogen) atoms. The summed E-state index contributed by atoms with van der Waals surface area (Å²) in [6.45, 7) is 1.77. The van der Waals surface area contributed by atoms with Gasteiger partial charge in [-0.2, -0.15) is 0 Å². The van der Waals surface area contributed by atoms with Gasteiger partial charge in [0.05, 0.1) is 5.56 Å². The molecule has 0 radical (unpaired) electrons. The van der Waals surface area contributed by atoms with E-state index in [1.807, 2.05) is 18.2 Å². The highest BCUT2D eigenvalue weighted by Crippen LogP contribution is 2.25. The highest BCUT2D eigenvalue weighted by molar-refractivity contribution is 5.96. The van der Waals surface area contributed by atoms with E-state index in [9.17, 15) is 9.59 Å². The molecule has 0 atom stereocenters. The third kappa shape index (κ3) is 2.21. The van der Waals surface area contributed by atoms with E-state index < -0.39 is 11.5 Å². The Hall–Kier alpha value is -2.88. The number of nitrogens with two attached hydrogens (primary N) is 1. The van der Waals surface area contributed by atoms with E-state index in [1.165, 1.54) is 0 Å². The number of para-hydroxylation sites is 1. The summed E-state index contributed by atoms with van der Waals surface area (Å²) in [6, 6.07) is 14.2. The Morgan fingerprint density at radius 1 is 1.05 bits per heavy atom. The first kappa shape index (κ1) is 13.1. The Bertz CT molecular complexity index is 909. The zero-order chi connectivity index (χ0) is 15.0. The topological polar surface area (TPSA) is 73.3 Å². The standard InChI is InChI=1S/C17H13NO3/c1-10-12(6-4-7-13(10)16(18)19)14-9-11-5-2-3-8-15(11)21-17(14)20/h2-9H,1H3,(H2,18,19). The first-order chi connectivity index (χ1) is 10.1. The molecule has 0 spiro atoms. The Morgan fingerprint density at radius 2 is 1.81 bits per heavy atom. The van der Waals surface area contributed by atoms with E-state index in [-0.39, 0.29) is 0 Å². The maximum absolute atomic E-state index is 12.2. The van der Waals surface area contributed by atoms with Gasteiger partial charge in [-0.25, -0.2) is 4.79 Å². The monoisotopic (exact) mass is 279 g/mol. The Kier molecular flexibility index (Phi) is 3.06. The number of fused-ring (bicyclic) bond motifs is 1. The predicted molar refractivity (Wildman–Crippen MR) is 81.2 cm³/mol. The zero-order valence-corrected chi connectivity index (χ0v) is 11.4. The number of rotatable bonds is 2. The molecular formula is C17H13NO3. The fraction of sp³-hybridized carbons (Fsp3) is 0.0588. The molecule has 0 aliphatic rings. The van der Waals surface area contributed by atoms with Gasteiger partial charge in [0.2, 0.25) is 5.91 Å². The predicted octanol–water partition coefficient (Wildman–Crippen LogP) is 2.87. The number of carbonyl (C=O) groups is 1. The summed E-state index contributed by atoms with van der Waals surface area (Å²) in [7, 11) is 0. The van der Waals surface area contributed by atoms with Gasteiger partial charge in [0.25, 0.3) is 0 Å². The molecule has 0 fully saturated rings. The molecular weight excluding hydrogens is 266 g/mol. The normalized spacial score (nSPS) is 10.7. The molecule has 0 unspecified atom stereocenters. The van der Waals surface area contributed by atoms with Gasteiger partial charge in [0, 0.05) is 10.9 Å². The molecule has 104 valence electrons. The minimum Gasteiger partial charge on any atom is -0.422 e. The van der Waals surface area contributed by atoms with Crippen molar-refractivity contribution in [1.29, 1.82) is 0 Å². The van der Waals surface area contributed by atoms with Crippen LogP contribution in [0.5, 0.6) is 0 Å². The van der Waals surface area contributed by atoms with Crippen LogP contribution in [0.2, 0.25) is 0 Å². The first-order valence-corrected chi connectivity index (χ1v) is 6.50. The number of hydrogen-bond acceptors (Lipinski definition) is 3. The van der Waals surface area contributed by atoms with E-state index in [0.717, 1.165) is 5.39 Å². The fourth-order valence-electron chi connectivity index (χ4n) is 2.44. The van der Waals surface area contributed by atoms with Crippen LogP contribution in [0.25, 0.3) is 22.1 Å². The lowest BCUT2D eigenvalue weighted by Crippen LogP contribution is -2.14. The van der Waals surface area contributed by atoms with Crippen molar-refractivity contribution in [3.63, 3.8) is 0 Å². The molecule has 0 saturated heterocycles. The van der Waals surface area contributed by atoms with Crippen LogP contribution in [-0.4, -0.2) is 5.91 Å². The third-order valence-corrected chi connectivity index (χ3v) is 3.53. The third-order valence-electron chi connectivity index (χ3n) is 3.53. The lowest BCUT2D eigenvalue weighted by molar-refractivity contribution is 0.1000. The summed E-state index contributed by atoms with van der Waals surface area (Å²) in [5.74, 6) is -0.514. The minimum absolute atomic E-state index is 0.403. The molecule has 0 saturated carbocycles. The summed E-state index contributed by atoms with van der Waals surface area (Å²) in [5, 5.41) is 0.830. The number of carbonyl (C=O) groups excluding carboxylic acids is 1. The SMILES string of the molecule is Cc1c(C(N)=O)cccc1-c1cc2ccccc2oc1=O. The summed E-state index contributed by atoms with van der Waals surface area (Å²) in [5.41, 5.74) is 7.61. The molecule has 0 aliphatic heterocycles. The summed E-state index contributed by atoms with van der Waals surface area (Å²) in [4.78, 5) is 23.6. The van der Waals surface area contributed by atoms with Crippen molar-refractivity contribution in [2.75, 3.05) is 0 Å². The van der Waals surface area contributed by atoms with Crippen molar-refractivity contribution >= 4 is 16.9 Å². The molecule has 2 aromatic carbocycles. The second-order valence-corrected chi connectivity index (χ2v) is 4.83. The molecule has 0 aliphatic carbocycles. The average molecular weight is 279 g/mol. The van der Waals surface area contributed by atoms with Gasteiger partial charge in [-0.1, -0.05) is 30.3 Å². The van der Waals surface area contributed by atoms with Crippen LogP contribution in [0.15, 0.2) is 57.7 Å². The van der Waals surface area contributed by atoms with Crippen LogP contribution in [0.4, 0.5) is 0 Å². The Balaban J connectivity index is 2.30. The van der Waals surface area contributed by atoms with Crippen LogP contribution < -0.4 is 11.4 Å². The van der Waals surface area contributed by atoms with Gasteiger partial charge < -0.3 is 10.2 Å². The van der Waals surface area contributed by atoms with Crippen LogP contribution in [0, 0.1) is 6.92 Å². The maximum atomic E-state index is 12.2. The molecule has 1 amide bonds. The summed E-state index contributed by atoms with van der Waals surface area (Å²) in [6.07, 6.45) is 0. The molecule has 1 aromatic heterocycles. The molecule has 4 heteroatoms. The molecule has 4 nitrogen and oxygen atoms in total. The van der Waals surface area contributed by atoms with Crippen molar-refractivity contribution in [3.05, 3.63) is 70.1 Å². The molecule has 1 heterocycles. The van der Waals surface area contributed by atoms with Crippen molar-refractivity contribution in [3.8, 4) is 11.1 Å². The molecule has 3 aromatic rings.